The summed E-state index contributed by atoms with van der Waals surface area (Å²) in [6.45, 7) is 4.11. The van der Waals surface area contributed by atoms with Crippen LogP contribution in [0.2, 0.25) is 0 Å². The predicted octanol–water partition coefficient (Wildman–Crippen LogP) is 3.90. The zero-order valence-corrected chi connectivity index (χ0v) is 10.3. The van der Waals surface area contributed by atoms with E-state index in [0.29, 0.717) is 17.9 Å². The molecular weight excluding hydrogens is 222 g/mol. The third kappa shape index (κ3) is 4.25. The van der Waals surface area contributed by atoms with E-state index in [9.17, 15) is 13.6 Å². The highest BCUT2D eigenvalue weighted by molar-refractivity contribution is 5.81. The molecule has 0 amide bonds. The van der Waals surface area contributed by atoms with Gasteiger partial charge in [-0.15, -0.1) is 0 Å². The SMILES string of the molecule is CCC(CC)CC(=O)Cc1ccc(F)c(F)c1. The lowest BCUT2D eigenvalue weighted by atomic mass is 9.94. The third-order valence-electron chi connectivity index (χ3n) is 3.06. The highest BCUT2D eigenvalue weighted by Gasteiger charge is 2.12. The standard InChI is InChI=1S/C14H18F2O/c1-3-10(4-2)7-12(17)8-11-5-6-13(15)14(16)9-11/h5-6,9-10H,3-4,7-8H2,1-2H3. The highest BCUT2D eigenvalue weighted by Crippen LogP contribution is 2.15. The van der Waals surface area contributed by atoms with Crippen molar-refractivity contribution in [2.24, 2.45) is 5.92 Å². The van der Waals surface area contributed by atoms with Crippen LogP contribution in [-0.2, 0) is 11.2 Å². The van der Waals surface area contributed by atoms with E-state index < -0.39 is 11.6 Å². The van der Waals surface area contributed by atoms with Gasteiger partial charge in [-0.1, -0.05) is 32.8 Å². The third-order valence-corrected chi connectivity index (χ3v) is 3.06. The van der Waals surface area contributed by atoms with Crippen molar-refractivity contribution in [1.82, 2.24) is 0 Å². The molecule has 17 heavy (non-hydrogen) atoms. The molecule has 0 unspecified atom stereocenters. The first-order valence-electron chi connectivity index (χ1n) is 6.02. The highest BCUT2D eigenvalue weighted by atomic mass is 19.2. The second-order valence-corrected chi connectivity index (χ2v) is 4.35. The maximum atomic E-state index is 12.9. The molecule has 0 atom stereocenters. The van der Waals surface area contributed by atoms with Crippen molar-refractivity contribution in [2.75, 3.05) is 0 Å². The van der Waals surface area contributed by atoms with Crippen LogP contribution in [0.1, 0.15) is 38.7 Å². The summed E-state index contributed by atoms with van der Waals surface area (Å²) in [4.78, 5) is 11.7. The zero-order chi connectivity index (χ0) is 12.8. The molecule has 0 fully saturated rings. The summed E-state index contributed by atoms with van der Waals surface area (Å²) < 4.78 is 25.6. The molecule has 0 spiro atoms. The normalized spacial score (nSPS) is 10.9. The van der Waals surface area contributed by atoms with Crippen LogP contribution in [0.3, 0.4) is 0 Å². The largest absolute Gasteiger partial charge is 0.299 e. The van der Waals surface area contributed by atoms with Gasteiger partial charge in [-0.2, -0.15) is 0 Å². The first-order valence-corrected chi connectivity index (χ1v) is 6.02. The molecule has 0 aliphatic heterocycles. The number of hydrogen-bond acceptors (Lipinski definition) is 1. The van der Waals surface area contributed by atoms with Crippen molar-refractivity contribution in [3.63, 3.8) is 0 Å². The Bertz CT molecular complexity index is 384. The molecule has 0 aliphatic carbocycles. The minimum absolute atomic E-state index is 0.0877. The van der Waals surface area contributed by atoms with Gasteiger partial charge in [0.2, 0.25) is 0 Å². The monoisotopic (exact) mass is 240 g/mol. The Kier molecular flexibility index (Phi) is 5.26. The molecule has 0 heterocycles. The van der Waals surface area contributed by atoms with Crippen molar-refractivity contribution < 1.29 is 13.6 Å². The van der Waals surface area contributed by atoms with E-state index in [0.717, 1.165) is 25.0 Å². The molecule has 0 saturated carbocycles. The first-order chi connectivity index (χ1) is 8.06. The topological polar surface area (TPSA) is 17.1 Å². The van der Waals surface area contributed by atoms with E-state index in [1.165, 1.54) is 6.07 Å². The lowest BCUT2D eigenvalue weighted by Crippen LogP contribution is -2.10. The van der Waals surface area contributed by atoms with Gasteiger partial charge in [-0.25, -0.2) is 8.78 Å². The summed E-state index contributed by atoms with van der Waals surface area (Å²) in [6, 6.07) is 3.62. The summed E-state index contributed by atoms with van der Waals surface area (Å²) in [5.74, 6) is -1.28. The minimum Gasteiger partial charge on any atom is -0.299 e. The quantitative estimate of drug-likeness (QED) is 0.737. The van der Waals surface area contributed by atoms with E-state index in [1.54, 1.807) is 0 Å². The first kappa shape index (κ1) is 13.8. The number of Topliss-reactive ketones (excluding diaryl/α,β-unsaturated/α-hetero) is 1. The van der Waals surface area contributed by atoms with Gasteiger partial charge in [0, 0.05) is 12.8 Å². The Hall–Kier alpha value is -1.25. The van der Waals surface area contributed by atoms with E-state index in [-0.39, 0.29) is 12.2 Å². The molecule has 1 rings (SSSR count). The molecule has 1 nitrogen and oxygen atoms in total. The maximum Gasteiger partial charge on any atom is 0.159 e. The molecule has 0 bridgehead atoms. The van der Waals surface area contributed by atoms with Gasteiger partial charge in [-0.05, 0) is 23.6 Å². The molecule has 1 aromatic rings. The van der Waals surface area contributed by atoms with Crippen LogP contribution in [-0.4, -0.2) is 5.78 Å². The Morgan fingerprint density at radius 1 is 1.18 bits per heavy atom. The van der Waals surface area contributed by atoms with Crippen LogP contribution in [0.4, 0.5) is 8.78 Å². The van der Waals surface area contributed by atoms with Crippen molar-refractivity contribution >= 4 is 5.78 Å². The van der Waals surface area contributed by atoms with Gasteiger partial charge in [-0.3, -0.25) is 4.79 Å². The van der Waals surface area contributed by atoms with Gasteiger partial charge >= 0.3 is 0 Å². The summed E-state index contributed by atoms with van der Waals surface area (Å²) in [7, 11) is 0. The lowest BCUT2D eigenvalue weighted by molar-refractivity contribution is -0.119. The van der Waals surface area contributed by atoms with Crippen LogP contribution in [0.15, 0.2) is 18.2 Å². The summed E-state index contributed by atoms with van der Waals surface area (Å²) in [5.41, 5.74) is 0.542. The number of hydrogen-bond donors (Lipinski definition) is 0. The Balaban J connectivity index is 2.58. The van der Waals surface area contributed by atoms with Gasteiger partial charge in [0.1, 0.15) is 5.78 Å². The van der Waals surface area contributed by atoms with Crippen LogP contribution in [0.25, 0.3) is 0 Å². The van der Waals surface area contributed by atoms with E-state index in [1.807, 2.05) is 0 Å². The van der Waals surface area contributed by atoms with Crippen LogP contribution in [0.5, 0.6) is 0 Å². The number of ketones is 1. The minimum atomic E-state index is -0.891. The lowest BCUT2D eigenvalue weighted by Gasteiger charge is -2.10. The molecule has 0 saturated heterocycles. The van der Waals surface area contributed by atoms with E-state index in [2.05, 4.69) is 13.8 Å². The van der Waals surface area contributed by atoms with Crippen molar-refractivity contribution in [3.05, 3.63) is 35.4 Å². The zero-order valence-electron chi connectivity index (χ0n) is 10.3. The smallest absolute Gasteiger partial charge is 0.159 e. The Morgan fingerprint density at radius 3 is 2.35 bits per heavy atom. The number of halogens is 2. The fourth-order valence-electron chi connectivity index (χ4n) is 1.85. The second kappa shape index (κ2) is 6.48. The second-order valence-electron chi connectivity index (χ2n) is 4.35. The van der Waals surface area contributed by atoms with E-state index >= 15 is 0 Å². The predicted molar refractivity (Wildman–Crippen MR) is 63.8 cm³/mol. The summed E-state index contributed by atoms with van der Waals surface area (Å²) >= 11 is 0. The molecule has 1 aromatic carbocycles. The van der Waals surface area contributed by atoms with Crippen molar-refractivity contribution in [3.8, 4) is 0 Å². The average molecular weight is 240 g/mol. The van der Waals surface area contributed by atoms with Gasteiger partial charge in [0.05, 0.1) is 0 Å². The van der Waals surface area contributed by atoms with Gasteiger partial charge in [0.15, 0.2) is 11.6 Å². The van der Waals surface area contributed by atoms with Gasteiger partial charge < -0.3 is 0 Å². The fraction of sp³-hybridized carbons (Fsp3) is 0.500. The number of carbonyl (C=O) groups is 1. The molecule has 0 aromatic heterocycles. The number of rotatable bonds is 6. The number of benzene rings is 1. The van der Waals surface area contributed by atoms with Crippen LogP contribution < -0.4 is 0 Å². The number of carbonyl (C=O) groups excluding carboxylic acids is 1. The fourth-order valence-corrected chi connectivity index (χ4v) is 1.85. The van der Waals surface area contributed by atoms with Crippen LogP contribution >= 0.6 is 0 Å². The maximum absolute atomic E-state index is 12.9. The Morgan fingerprint density at radius 2 is 1.82 bits per heavy atom. The summed E-state index contributed by atoms with van der Waals surface area (Å²) in [5, 5.41) is 0. The van der Waals surface area contributed by atoms with Crippen molar-refractivity contribution in [1.29, 1.82) is 0 Å². The molecule has 0 aliphatic rings. The van der Waals surface area contributed by atoms with E-state index in [4.69, 9.17) is 0 Å². The van der Waals surface area contributed by atoms with Crippen LogP contribution in [0, 0.1) is 17.6 Å². The molecular formula is C14H18F2O. The molecule has 94 valence electrons. The van der Waals surface area contributed by atoms with Crippen molar-refractivity contribution in [2.45, 2.75) is 39.5 Å². The molecule has 0 N–H and O–H groups in total. The molecule has 0 radical (unpaired) electrons. The average Bonchev–Trinajstić information content (AvgIpc) is 2.31. The summed E-state index contributed by atoms with van der Waals surface area (Å²) in [6.07, 6.45) is 2.65. The molecule has 3 heteroatoms. The van der Waals surface area contributed by atoms with Gasteiger partial charge in [0.25, 0.3) is 0 Å². The Labute approximate surface area is 101 Å².